The number of hydrogen-bond acceptors (Lipinski definition) is 6. The second-order valence-electron chi connectivity index (χ2n) is 23.4. The van der Waals surface area contributed by atoms with Crippen LogP contribution in [0.3, 0.4) is 0 Å². The van der Waals surface area contributed by atoms with Crippen molar-refractivity contribution in [2.75, 3.05) is 13.2 Å². The smallest absolute Gasteiger partial charge is 0.306 e. The fourth-order valence-electron chi connectivity index (χ4n) is 10.1. The third-order valence-electron chi connectivity index (χ3n) is 15.3. The van der Waals surface area contributed by atoms with Gasteiger partial charge in [0.05, 0.1) is 0 Å². The zero-order chi connectivity index (χ0) is 59.2. The van der Waals surface area contributed by atoms with Crippen molar-refractivity contribution >= 4 is 17.9 Å². The zero-order valence-electron chi connectivity index (χ0n) is 54.2. The second-order valence-corrected chi connectivity index (χ2v) is 23.4. The summed E-state index contributed by atoms with van der Waals surface area (Å²) in [4.78, 5) is 38.2. The molecule has 472 valence electrons. The molecule has 6 heteroatoms. The van der Waals surface area contributed by atoms with E-state index in [4.69, 9.17) is 14.2 Å². The molecule has 0 saturated heterocycles. The van der Waals surface area contributed by atoms with E-state index in [1.54, 1.807) is 0 Å². The van der Waals surface area contributed by atoms with Gasteiger partial charge in [0, 0.05) is 19.3 Å². The molecule has 0 rings (SSSR count). The number of carbonyl (C=O) groups is 3. The SMILES string of the molecule is CC/C=C\C/C=C\C/C=C\C/C=C\C/C=C\C/C=C\C/C=C\CCCCCCCCCCCCCC(=O)OCC(COC(=O)CCCCCCCCCC)OC(=O)CCCCCCCCCCCCC/C=C\CCCCCCCCCC. The van der Waals surface area contributed by atoms with Gasteiger partial charge in [0.15, 0.2) is 6.10 Å². The number of esters is 3. The van der Waals surface area contributed by atoms with Crippen molar-refractivity contribution in [2.45, 2.75) is 354 Å². The number of unbranched alkanes of at least 4 members (excludes halogenated alkanes) is 37. The van der Waals surface area contributed by atoms with Crippen LogP contribution in [0.5, 0.6) is 0 Å². The van der Waals surface area contributed by atoms with Gasteiger partial charge in [-0.2, -0.15) is 0 Å². The molecule has 0 N–H and O–H groups in total. The van der Waals surface area contributed by atoms with E-state index >= 15 is 0 Å². The van der Waals surface area contributed by atoms with Crippen molar-refractivity contribution < 1.29 is 28.6 Å². The predicted octanol–water partition coefficient (Wildman–Crippen LogP) is 24.4. The second kappa shape index (κ2) is 69.8. The lowest BCUT2D eigenvalue weighted by Crippen LogP contribution is -2.30. The lowest BCUT2D eigenvalue weighted by atomic mass is 10.0. The molecule has 0 fully saturated rings. The zero-order valence-corrected chi connectivity index (χ0v) is 54.2. The van der Waals surface area contributed by atoms with Gasteiger partial charge in [-0.15, -0.1) is 0 Å². The van der Waals surface area contributed by atoms with Crippen LogP contribution in [0.1, 0.15) is 348 Å². The normalized spacial score (nSPS) is 12.7. The predicted molar refractivity (Wildman–Crippen MR) is 357 cm³/mol. The largest absolute Gasteiger partial charge is 0.462 e. The van der Waals surface area contributed by atoms with Gasteiger partial charge >= 0.3 is 17.9 Å². The van der Waals surface area contributed by atoms with E-state index in [1.165, 1.54) is 205 Å². The van der Waals surface area contributed by atoms with Crippen LogP contribution < -0.4 is 0 Å². The summed E-state index contributed by atoms with van der Waals surface area (Å²) in [6.45, 7) is 6.53. The highest BCUT2D eigenvalue weighted by Gasteiger charge is 2.19. The lowest BCUT2D eigenvalue weighted by molar-refractivity contribution is -0.167. The van der Waals surface area contributed by atoms with Crippen LogP contribution in [0.25, 0.3) is 0 Å². The minimum Gasteiger partial charge on any atom is -0.462 e. The molecule has 0 aromatic carbocycles. The van der Waals surface area contributed by atoms with Crippen molar-refractivity contribution in [2.24, 2.45) is 0 Å². The summed E-state index contributed by atoms with van der Waals surface area (Å²) in [5.41, 5.74) is 0. The van der Waals surface area contributed by atoms with Crippen LogP contribution in [0, 0.1) is 0 Å². The molecule has 0 aromatic heterocycles. The van der Waals surface area contributed by atoms with Crippen LogP contribution in [-0.2, 0) is 28.6 Å². The summed E-state index contributed by atoms with van der Waals surface area (Å²) in [5, 5.41) is 0. The molecular formula is C76H132O6. The minimum atomic E-state index is -0.776. The molecule has 0 aliphatic rings. The van der Waals surface area contributed by atoms with E-state index in [1.807, 2.05) is 0 Å². The van der Waals surface area contributed by atoms with Crippen molar-refractivity contribution in [1.82, 2.24) is 0 Å². The highest BCUT2D eigenvalue weighted by atomic mass is 16.6. The Labute approximate surface area is 508 Å². The standard InChI is InChI=1S/C76H132O6/c1-4-7-10-13-16-19-21-23-25-27-29-31-33-34-35-36-37-38-39-40-41-42-44-45-47-49-51-53-55-57-60-63-66-69-75(78)81-72-73(71-80-74(77)68-65-62-59-18-15-12-9-6-3)82-76(79)70-67-64-61-58-56-54-52-50-48-46-43-32-30-28-26-24-22-20-17-14-11-8-5-2/h7,10,16,19,23,25,28-31,34-35,37-38,40-41,73H,4-6,8-9,11-15,17-18,20-22,24,26-27,32-33,36,39,42-72H2,1-3H3/b10-7-,19-16-,25-23-,30-28-,31-29-,35-34-,38-37-,41-40-. The van der Waals surface area contributed by atoms with Gasteiger partial charge in [0.2, 0.25) is 0 Å². The Kier molecular flexibility index (Phi) is 66.7. The first kappa shape index (κ1) is 78.3. The van der Waals surface area contributed by atoms with Gasteiger partial charge in [0.1, 0.15) is 13.2 Å². The summed E-state index contributed by atoms with van der Waals surface area (Å²) in [7, 11) is 0. The molecule has 0 spiro atoms. The first-order valence-corrected chi connectivity index (χ1v) is 35.2. The van der Waals surface area contributed by atoms with Crippen molar-refractivity contribution in [3.8, 4) is 0 Å². The van der Waals surface area contributed by atoms with Gasteiger partial charge in [-0.1, -0.05) is 323 Å². The van der Waals surface area contributed by atoms with E-state index in [-0.39, 0.29) is 31.1 Å². The number of ether oxygens (including phenoxy) is 3. The molecule has 1 atom stereocenters. The van der Waals surface area contributed by atoms with Crippen LogP contribution in [0.15, 0.2) is 97.2 Å². The first-order chi connectivity index (χ1) is 40.5. The summed E-state index contributed by atoms with van der Waals surface area (Å²) >= 11 is 0. The maximum atomic E-state index is 12.9. The maximum Gasteiger partial charge on any atom is 0.306 e. The third-order valence-corrected chi connectivity index (χ3v) is 15.3. The Bertz CT molecular complexity index is 1590. The average molecular weight is 1140 g/mol. The Balaban J connectivity index is 4.12. The fourth-order valence-corrected chi connectivity index (χ4v) is 10.1. The van der Waals surface area contributed by atoms with Gasteiger partial charge in [-0.05, 0) is 103 Å². The van der Waals surface area contributed by atoms with Crippen LogP contribution in [0.2, 0.25) is 0 Å². The molecule has 1 unspecified atom stereocenters. The minimum absolute atomic E-state index is 0.0744. The molecule has 0 amide bonds. The molecule has 0 heterocycles. The third kappa shape index (κ3) is 67.1. The van der Waals surface area contributed by atoms with Gasteiger partial charge < -0.3 is 14.2 Å². The number of allylic oxidation sites excluding steroid dienone is 16. The molecule has 0 aromatic rings. The highest BCUT2D eigenvalue weighted by molar-refractivity contribution is 5.71. The van der Waals surface area contributed by atoms with E-state index in [2.05, 4.69) is 118 Å². The maximum absolute atomic E-state index is 12.9. The molecule has 0 aliphatic heterocycles. The van der Waals surface area contributed by atoms with Crippen LogP contribution in [-0.4, -0.2) is 37.2 Å². The summed E-state index contributed by atoms with van der Waals surface area (Å²) in [6, 6.07) is 0. The van der Waals surface area contributed by atoms with E-state index in [0.29, 0.717) is 19.3 Å². The fraction of sp³-hybridized carbons (Fsp3) is 0.750. The van der Waals surface area contributed by atoms with Crippen molar-refractivity contribution in [1.29, 1.82) is 0 Å². The topological polar surface area (TPSA) is 78.9 Å². The van der Waals surface area contributed by atoms with Gasteiger partial charge in [-0.25, -0.2) is 0 Å². The van der Waals surface area contributed by atoms with E-state index < -0.39 is 6.10 Å². The van der Waals surface area contributed by atoms with Crippen molar-refractivity contribution in [3.05, 3.63) is 97.2 Å². The van der Waals surface area contributed by atoms with Crippen LogP contribution in [0.4, 0.5) is 0 Å². The Morgan fingerprint density at radius 1 is 0.256 bits per heavy atom. The number of hydrogen-bond donors (Lipinski definition) is 0. The Morgan fingerprint density at radius 2 is 0.476 bits per heavy atom. The molecule has 6 nitrogen and oxygen atoms in total. The van der Waals surface area contributed by atoms with Crippen molar-refractivity contribution in [3.63, 3.8) is 0 Å². The molecule has 0 bridgehead atoms. The number of rotatable bonds is 64. The Morgan fingerprint density at radius 3 is 0.756 bits per heavy atom. The number of carbonyl (C=O) groups excluding carboxylic acids is 3. The summed E-state index contributed by atoms with van der Waals surface area (Å²) in [5.74, 6) is -0.868. The molecule has 0 aliphatic carbocycles. The van der Waals surface area contributed by atoms with Gasteiger partial charge in [-0.3, -0.25) is 14.4 Å². The average Bonchev–Trinajstić information content (AvgIpc) is 3.47. The van der Waals surface area contributed by atoms with Crippen LogP contribution >= 0.6 is 0 Å². The monoisotopic (exact) mass is 1140 g/mol. The summed E-state index contributed by atoms with van der Waals surface area (Å²) < 4.78 is 16.9. The lowest BCUT2D eigenvalue weighted by Gasteiger charge is -2.18. The molecule has 0 radical (unpaired) electrons. The van der Waals surface area contributed by atoms with Gasteiger partial charge in [0.25, 0.3) is 0 Å². The van der Waals surface area contributed by atoms with E-state index in [0.717, 1.165) is 103 Å². The quantitative estimate of drug-likeness (QED) is 0.0261. The molecular weight excluding hydrogens is 1010 g/mol. The first-order valence-electron chi connectivity index (χ1n) is 35.2. The molecule has 82 heavy (non-hydrogen) atoms. The van der Waals surface area contributed by atoms with E-state index in [9.17, 15) is 14.4 Å². The highest BCUT2D eigenvalue weighted by Crippen LogP contribution is 2.17. The Hall–Kier alpha value is -3.67. The summed E-state index contributed by atoms with van der Waals surface area (Å²) in [6.07, 6.45) is 94.5. The molecule has 0 saturated carbocycles.